The first kappa shape index (κ1) is 16.9. The molecular weight excluding hydrogens is 331 g/mol. The van der Waals surface area contributed by atoms with Crippen LogP contribution in [0.3, 0.4) is 0 Å². The Morgan fingerprint density at radius 3 is 2.81 bits per heavy atom. The third kappa shape index (κ3) is 3.25. The Morgan fingerprint density at radius 2 is 2.04 bits per heavy atom. The van der Waals surface area contributed by atoms with Gasteiger partial charge in [-0.2, -0.15) is 0 Å². The summed E-state index contributed by atoms with van der Waals surface area (Å²) in [6.45, 7) is 0.154. The monoisotopic (exact) mass is 356 g/mol. The van der Waals surface area contributed by atoms with Crippen LogP contribution in [0.5, 0.6) is 0 Å². The number of halogens is 1. The third-order valence-corrected chi connectivity index (χ3v) is 5.13. The largest absolute Gasteiger partial charge is 0.376 e. The molecule has 1 aliphatic carbocycles. The minimum absolute atomic E-state index is 0.154. The first-order chi connectivity index (χ1) is 12.6. The molecule has 0 aromatic carbocycles. The molecular formula is C19H25FN6. The zero-order valence-electron chi connectivity index (χ0n) is 15.3. The standard InChI is InChI=1S/C19H25FN6/c1-26(2)13-8-14-15(10-22-17(14)21-9-13)18-23-11-16(20)19(25-18)24-12-6-4-3-5-7-12/h8-10,12,24H,3-7,11H2,1-2H3,(H,21,22)(H,23,25). The van der Waals surface area contributed by atoms with E-state index >= 15 is 0 Å². The highest BCUT2D eigenvalue weighted by molar-refractivity contribution is 6.10. The van der Waals surface area contributed by atoms with Gasteiger partial charge >= 0.3 is 0 Å². The molecule has 3 heterocycles. The minimum Gasteiger partial charge on any atom is -0.376 e. The smallest absolute Gasteiger partial charge is 0.162 e. The van der Waals surface area contributed by atoms with Gasteiger partial charge < -0.3 is 20.5 Å². The van der Waals surface area contributed by atoms with E-state index in [4.69, 9.17) is 0 Å². The van der Waals surface area contributed by atoms with Crippen LogP contribution in [-0.2, 0) is 0 Å². The molecule has 4 rings (SSSR count). The average Bonchev–Trinajstić information content (AvgIpc) is 3.07. The molecule has 1 fully saturated rings. The maximum absolute atomic E-state index is 14.3. The Morgan fingerprint density at radius 1 is 1.23 bits per heavy atom. The number of aliphatic imine (C=N–C) groups is 1. The molecule has 1 aliphatic heterocycles. The van der Waals surface area contributed by atoms with Gasteiger partial charge in [-0.15, -0.1) is 0 Å². The number of anilines is 1. The van der Waals surface area contributed by atoms with E-state index in [2.05, 4.69) is 31.7 Å². The molecule has 0 bridgehead atoms. The van der Waals surface area contributed by atoms with Crippen LogP contribution in [-0.4, -0.2) is 42.5 Å². The van der Waals surface area contributed by atoms with Crippen molar-refractivity contribution in [1.29, 1.82) is 0 Å². The maximum atomic E-state index is 14.3. The fourth-order valence-electron chi connectivity index (χ4n) is 3.60. The van der Waals surface area contributed by atoms with Crippen molar-refractivity contribution >= 4 is 22.6 Å². The number of aromatic amines is 1. The van der Waals surface area contributed by atoms with E-state index in [1.807, 2.05) is 31.4 Å². The molecule has 0 unspecified atom stereocenters. The van der Waals surface area contributed by atoms with Gasteiger partial charge in [0.05, 0.1) is 18.4 Å². The second-order valence-electron chi connectivity index (χ2n) is 7.23. The Bertz CT molecular complexity index is 860. The Kier molecular flexibility index (Phi) is 4.53. The SMILES string of the molecule is CN(C)c1cnc2[nH]cc(C3=NC(NC4CCCCC4)=C(F)CN3)c2c1. The number of hydrogen-bond acceptors (Lipinski definition) is 5. The fourth-order valence-corrected chi connectivity index (χ4v) is 3.60. The van der Waals surface area contributed by atoms with Gasteiger partial charge in [0.15, 0.2) is 11.6 Å². The number of nitrogens with zero attached hydrogens (tertiary/aromatic N) is 3. The van der Waals surface area contributed by atoms with Crippen LogP contribution < -0.4 is 15.5 Å². The number of amidine groups is 1. The van der Waals surface area contributed by atoms with Gasteiger partial charge in [-0.25, -0.2) is 14.4 Å². The zero-order valence-corrected chi connectivity index (χ0v) is 15.3. The number of rotatable bonds is 4. The van der Waals surface area contributed by atoms with Crippen LogP contribution in [0.4, 0.5) is 10.1 Å². The predicted octanol–water partition coefficient (Wildman–Crippen LogP) is 3.04. The van der Waals surface area contributed by atoms with E-state index < -0.39 is 0 Å². The van der Waals surface area contributed by atoms with Gasteiger partial charge in [-0.1, -0.05) is 19.3 Å². The molecule has 0 spiro atoms. The Labute approximate surface area is 152 Å². The van der Waals surface area contributed by atoms with Gasteiger partial charge in [0.25, 0.3) is 0 Å². The summed E-state index contributed by atoms with van der Waals surface area (Å²) in [5.41, 5.74) is 2.72. The second-order valence-corrected chi connectivity index (χ2v) is 7.23. The van der Waals surface area contributed by atoms with E-state index in [0.29, 0.717) is 17.7 Å². The molecule has 26 heavy (non-hydrogen) atoms. The lowest BCUT2D eigenvalue weighted by atomic mass is 9.95. The number of fused-ring (bicyclic) bond motifs is 1. The van der Waals surface area contributed by atoms with E-state index in [9.17, 15) is 4.39 Å². The van der Waals surface area contributed by atoms with E-state index in [1.54, 1.807) is 0 Å². The highest BCUT2D eigenvalue weighted by Crippen LogP contribution is 2.25. The molecule has 6 nitrogen and oxygen atoms in total. The fraction of sp³-hybridized carbons (Fsp3) is 0.474. The van der Waals surface area contributed by atoms with Crippen LogP contribution in [0.25, 0.3) is 11.0 Å². The highest BCUT2D eigenvalue weighted by atomic mass is 19.1. The van der Waals surface area contributed by atoms with Crippen LogP contribution in [0.2, 0.25) is 0 Å². The normalized spacial score (nSPS) is 18.7. The summed E-state index contributed by atoms with van der Waals surface area (Å²) < 4.78 is 14.3. The summed E-state index contributed by atoms with van der Waals surface area (Å²) in [5, 5.41) is 7.39. The second kappa shape index (κ2) is 6.97. The van der Waals surface area contributed by atoms with Gasteiger partial charge in [0.1, 0.15) is 11.5 Å². The molecule has 1 saturated carbocycles. The summed E-state index contributed by atoms with van der Waals surface area (Å²) in [7, 11) is 3.96. The summed E-state index contributed by atoms with van der Waals surface area (Å²) in [5.74, 6) is 0.816. The van der Waals surface area contributed by atoms with Crippen molar-refractivity contribution in [3.8, 4) is 0 Å². The van der Waals surface area contributed by atoms with Gasteiger partial charge in [-0.3, -0.25) is 0 Å². The van der Waals surface area contributed by atoms with Crippen LogP contribution in [0, 0.1) is 0 Å². The Hall–Kier alpha value is -2.57. The average molecular weight is 356 g/mol. The molecule has 138 valence electrons. The summed E-state index contributed by atoms with van der Waals surface area (Å²) in [6.07, 6.45) is 9.53. The summed E-state index contributed by atoms with van der Waals surface area (Å²) in [4.78, 5) is 14.2. The number of H-pyrrole nitrogens is 1. The number of hydrogen-bond donors (Lipinski definition) is 3. The molecule has 2 aliphatic rings. The van der Waals surface area contributed by atoms with Crippen LogP contribution in [0.1, 0.15) is 37.7 Å². The zero-order chi connectivity index (χ0) is 18.1. The first-order valence-corrected chi connectivity index (χ1v) is 9.24. The summed E-state index contributed by atoms with van der Waals surface area (Å²) >= 11 is 0. The lowest BCUT2D eigenvalue weighted by molar-refractivity contribution is 0.388. The van der Waals surface area contributed by atoms with Crippen molar-refractivity contribution in [2.24, 2.45) is 4.99 Å². The van der Waals surface area contributed by atoms with Crippen LogP contribution >= 0.6 is 0 Å². The molecule has 0 saturated heterocycles. The Balaban J connectivity index is 1.65. The number of aromatic nitrogens is 2. The molecule has 0 atom stereocenters. The molecule has 7 heteroatoms. The lowest BCUT2D eigenvalue weighted by Crippen LogP contribution is -2.36. The van der Waals surface area contributed by atoms with Crippen LogP contribution in [0.15, 0.2) is 35.1 Å². The third-order valence-electron chi connectivity index (χ3n) is 5.13. The molecule has 0 amide bonds. The maximum Gasteiger partial charge on any atom is 0.162 e. The van der Waals surface area contributed by atoms with Gasteiger partial charge in [0, 0.05) is 37.3 Å². The van der Waals surface area contributed by atoms with Crippen molar-refractivity contribution in [3.63, 3.8) is 0 Å². The van der Waals surface area contributed by atoms with Crippen molar-refractivity contribution in [2.75, 3.05) is 25.5 Å². The number of nitrogens with one attached hydrogen (secondary N) is 3. The van der Waals surface area contributed by atoms with E-state index in [1.165, 1.54) is 19.3 Å². The van der Waals surface area contributed by atoms with Crippen molar-refractivity contribution in [1.82, 2.24) is 20.6 Å². The minimum atomic E-state index is -0.230. The quantitative estimate of drug-likeness (QED) is 0.788. The van der Waals surface area contributed by atoms with Crippen molar-refractivity contribution < 1.29 is 4.39 Å². The molecule has 0 radical (unpaired) electrons. The highest BCUT2D eigenvalue weighted by Gasteiger charge is 2.22. The number of pyridine rings is 1. The van der Waals surface area contributed by atoms with Gasteiger partial charge in [-0.05, 0) is 18.9 Å². The molecule has 3 N–H and O–H groups in total. The summed E-state index contributed by atoms with van der Waals surface area (Å²) in [6, 6.07) is 2.39. The predicted molar refractivity (Wildman–Crippen MR) is 103 cm³/mol. The van der Waals surface area contributed by atoms with Crippen molar-refractivity contribution in [2.45, 2.75) is 38.1 Å². The van der Waals surface area contributed by atoms with Crippen molar-refractivity contribution in [3.05, 3.63) is 35.7 Å². The topological polar surface area (TPSA) is 68.3 Å². The lowest BCUT2D eigenvalue weighted by Gasteiger charge is -2.26. The van der Waals surface area contributed by atoms with E-state index in [-0.39, 0.29) is 12.4 Å². The first-order valence-electron chi connectivity index (χ1n) is 9.24. The van der Waals surface area contributed by atoms with E-state index in [0.717, 1.165) is 35.1 Å². The molecule has 2 aromatic heterocycles. The van der Waals surface area contributed by atoms with Gasteiger partial charge in [0.2, 0.25) is 0 Å². The molecule has 2 aromatic rings.